The summed E-state index contributed by atoms with van der Waals surface area (Å²) in [6.45, 7) is 6.49. The predicted molar refractivity (Wildman–Crippen MR) is 284 cm³/mol. The molecule has 0 aliphatic rings. The Morgan fingerprint density at radius 2 is 0.591 bits per heavy atom. The summed E-state index contributed by atoms with van der Waals surface area (Å²) in [4.78, 5) is 38.1. The normalized spacial score (nSPS) is 12.6. The van der Waals surface area contributed by atoms with Gasteiger partial charge in [-0.1, -0.05) is 235 Å². The Bertz CT molecular complexity index is 1240. The predicted octanol–water partition coefficient (Wildman–Crippen LogP) is 18.6. The summed E-state index contributed by atoms with van der Waals surface area (Å²) >= 11 is 0. The monoisotopic (exact) mass is 921 g/mol. The Labute approximate surface area is 408 Å². The fraction of sp³-hybridized carbons (Fsp3) is 0.750. The molecule has 0 spiro atoms. The summed E-state index contributed by atoms with van der Waals surface area (Å²) in [6.07, 6.45) is 68.8. The lowest BCUT2D eigenvalue weighted by Gasteiger charge is -2.18. The van der Waals surface area contributed by atoms with Crippen LogP contribution in [0.1, 0.15) is 271 Å². The van der Waals surface area contributed by atoms with E-state index in [0.29, 0.717) is 19.3 Å². The molecule has 1 atom stereocenters. The van der Waals surface area contributed by atoms with Gasteiger partial charge in [0.15, 0.2) is 6.10 Å². The van der Waals surface area contributed by atoms with Gasteiger partial charge in [0.2, 0.25) is 0 Å². The highest BCUT2D eigenvalue weighted by Gasteiger charge is 2.19. The van der Waals surface area contributed by atoms with Gasteiger partial charge >= 0.3 is 17.9 Å². The molecule has 0 bridgehead atoms. The van der Waals surface area contributed by atoms with E-state index in [1.54, 1.807) is 0 Å². The summed E-state index contributed by atoms with van der Waals surface area (Å²) in [5.74, 6) is -0.920. The summed E-state index contributed by atoms with van der Waals surface area (Å²) < 4.78 is 16.8. The highest BCUT2D eigenvalue weighted by molar-refractivity contribution is 5.71. The van der Waals surface area contributed by atoms with E-state index in [0.717, 1.165) is 103 Å². The average Bonchev–Trinajstić information content (AvgIpc) is 3.31. The fourth-order valence-electron chi connectivity index (χ4n) is 7.76. The Kier molecular flexibility index (Phi) is 51.9. The van der Waals surface area contributed by atoms with Gasteiger partial charge in [-0.2, -0.15) is 0 Å². The quantitative estimate of drug-likeness (QED) is 0.0262. The van der Waals surface area contributed by atoms with Crippen molar-refractivity contribution in [3.05, 3.63) is 72.9 Å². The molecule has 0 aliphatic heterocycles. The lowest BCUT2D eigenvalue weighted by Crippen LogP contribution is -2.30. The molecule has 0 saturated carbocycles. The third-order valence-corrected chi connectivity index (χ3v) is 11.9. The minimum absolute atomic E-state index is 0.0889. The first kappa shape index (κ1) is 62.8. The molecule has 66 heavy (non-hydrogen) atoms. The van der Waals surface area contributed by atoms with Crippen molar-refractivity contribution >= 4 is 17.9 Å². The molecule has 0 rings (SSSR count). The lowest BCUT2D eigenvalue weighted by molar-refractivity contribution is -0.167. The van der Waals surface area contributed by atoms with Gasteiger partial charge in [-0.15, -0.1) is 0 Å². The summed E-state index contributed by atoms with van der Waals surface area (Å²) in [5.41, 5.74) is 0. The van der Waals surface area contributed by atoms with Crippen molar-refractivity contribution in [3.8, 4) is 0 Å². The highest BCUT2D eigenvalue weighted by Crippen LogP contribution is 2.15. The number of esters is 3. The minimum Gasteiger partial charge on any atom is -0.462 e. The van der Waals surface area contributed by atoms with Gasteiger partial charge in [-0.3, -0.25) is 14.4 Å². The number of carbonyl (C=O) groups excluding carboxylic acids is 3. The van der Waals surface area contributed by atoms with E-state index in [1.807, 2.05) is 0 Å². The molecule has 380 valence electrons. The maximum absolute atomic E-state index is 12.8. The Morgan fingerprint density at radius 3 is 0.970 bits per heavy atom. The van der Waals surface area contributed by atoms with E-state index >= 15 is 0 Å². The van der Waals surface area contributed by atoms with Crippen LogP contribution >= 0.6 is 0 Å². The molecular weight excluding hydrogens is 817 g/mol. The summed E-state index contributed by atoms with van der Waals surface area (Å²) in [5, 5.41) is 0. The average molecular weight is 921 g/mol. The molecule has 6 nitrogen and oxygen atoms in total. The van der Waals surface area contributed by atoms with Crippen LogP contribution in [-0.4, -0.2) is 37.2 Å². The highest BCUT2D eigenvalue weighted by atomic mass is 16.6. The molecule has 0 saturated heterocycles. The van der Waals surface area contributed by atoms with Crippen LogP contribution in [0.5, 0.6) is 0 Å². The zero-order valence-electron chi connectivity index (χ0n) is 43.4. The molecule has 0 heterocycles. The molecular formula is C60H104O6. The molecule has 6 heteroatoms. The fourth-order valence-corrected chi connectivity index (χ4v) is 7.76. The van der Waals surface area contributed by atoms with E-state index in [1.165, 1.54) is 128 Å². The maximum Gasteiger partial charge on any atom is 0.306 e. The smallest absolute Gasteiger partial charge is 0.306 e. The van der Waals surface area contributed by atoms with Crippen LogP contribution in [0.3, 0.4) is 0 Å². The van der Waals surface area contributed by atoms with E-state index in [9.17, 15) is 14.4 Å². The topological polar surface area (TPSA) is 78.9 Å². The van der Waals surface area contributed by atoms with Gasteiger partial charge in [0.25, 0.3) is 0 Å². The third-order valence-electron chi connectivity index (χ3n) is 11.9. The number of hydrogen-bond donors (Lipinski definition) is 0. The number of hydrogen-bond acceptors (Lipinski definition) is 6. The van der Waals surface area contributed by atoms with E-state index < -0.39 is 6.10 Å². The van der Waals surface area contributed by atoms with E-state index in [-0.39, 0.29) is 31.1 Å². The van der Waals surface area contributed by atoms with E-state index in [4.69, 9.17) is 14.2 Å². The largest absolute Gasteiger partial charge is 0.462 e. The van der Waals surface area contributed by atoms with Gasteiger partial charge < -0.3 is 14.2 Å². The number of unbranched alkanes of at least 4 members (excludes halogenated alkanes) is 27. The molecule has 1 unspecified atom stereocenters. The minimum atomic E-state index is -0.794. The van der Waals surface area contributed by atoms with Crippen LogP contribution in [0.15, 0.2) is 72.9 Å². The lowest BCUT2D eigenvalue weighted by atomic mass is 10.0. The van der Waals surface area contributed by atoms with Crippen molar-refractivity contribution in [2.45, 2.75) is 277 Å². The zero-order valence-corrected chi connectivity index (χ0v) is 43.4. The second-order valence-corrected chi connectivity index (χ2v) is 18.5. The molecule has 0 fully saturated rings. The van der Waals surface area contributed by atoms with E-state index in [2.05, 4.69) is 93.7 Å². The molecule has 0 radical (unpaired) electrons. The second-order valence-electron chi connectivity index (χ2n) is 18.5. The van der Waals surface area contributed by atoms with Crippen molar-refractivity contribution in [2.24, 2.45) is 0 Å². The molecule has 0 aliphatic carbocycles. The number of carbonyl (C=O) groups is 3. The zero-order chi connectivity index (χ0) is 47.9. The maximum atomic E-state index is 12.8. The molecule has 0 aromatic carbocycles. The van der Waals surface area contributed by atoms with Crippen LogP contribution in [0, 0.1) is 0 Å². The molecule has 0 aromatic heterocycles. The Morgan fingerprint density at radius 1 is 0.318 bits per heavy atom. The van der Waals surface area contributed by atoms with Crippen LogP contribution < -0.4 is 0 Å². The van der Waals surface area contributed by atoms with Crippen molar-refractivity contribution in [2.75, 3.05) is 13.2 Å². The van der Waals surface area contributed by atoms with Crippen LogP contribution in [0.25, 0.3) is 0 Å². The van der Waals surface area contributed by atoms with Crippen molar-refractivity contribution in [1.82, 2.24) is 0 Å². The third kappa shape index (κ3) is 51.8. The summed E-state index contributed by atoms with van der Waals surface area (Å²) in [6, 6.07) is 0. The Hall–Kier alpha value is -3.15. The molecule has 0 aromatic rings. The van der Waals surface area contributed by atoms with Crippen LogP contribution in [0.2, 0.25) is 0 Å². The molecule has 0 amide bonds. The first-order valence-corrected chi connectivity index (χ1v) is 27.9. The van der Waals surface area contributed by atoms with Crippen LogP contribution in [0.4, 0.5) is 0 Å². The Balaban J connectivity index is 4.43. The van der Waals surface area contributed by atoms with Crippen molar-refractivity contribution in [1.29, 1.82) is 0 Å². The number of allylic oxidation sites excluding steroid dienone is 12. The van der Waals surface area contributed by atoms with Crippen molar-refractivity contribution < 1.29 is 28.6 Å². The number of rotatable bonds is 50. The number of ether oxygens (including phenoxy) is 3. The van der Waals surface area contributed by atoms with Gasteiger partial charge in [-0.25, -0.2) is 0 Å². The first-order valence-electron chi connectivity index (χ1n) is 27.9. The molecule has 0 N–H and O–H groups in total. The first-order chi connectivity index (χ1) is 32.5. The standard InChI is InChI=1S/C60H104O6/c1-4-7-10-13-16-19-22-25-28-30-33-35-38-41-44-47-50-53-59(62)65-56-57(55-64-58(61)52-49-46-43-40-37-34-31-27-24-21-18-15-12-9-6-3)66-60(63)54-51-48-45-42-39-36-32-29-26-23-20-17-14-11-8-5-2/h8,11,16-17,19-20,25-26,28-29,36,39,57H,4-7,9-10,12-15,18,21-24,27,30-35,37-38,40-56H2,1-3H3/b11-8-,19-16-,20-17-,28-25-,29-26-,39-36-. The van der Waals surface area contributed by atoms with Gasteiger partial charge in [0.1, 0.15) is 13.2 Å². The van der Waals surface area contributed by atoms with Gasteiger partial charge in [0.05, 0.1) is 0 Å². The van der Waals surface area contributed by atoms with Gasteiger partial charge in [-0.05, 0) is 89.9 Å². The van der Waals surface area contributed by atoms with Crippen LogP contribution in [-0.2, 0) is 28.6 Å². The van der Waals surface area contributed by atoms with Crippen molar-refractivity contribution in [3.63, 3.8) is 0 Å². The summed E-state index contributed by atoms with van der Waals surface area (Å²) in [7, 11) is 0. The van der Waals surface area contributed by atoms with Gasteiger partial charge in [0, 0.05) is 19.3 Å². The SMILES string of the molecule is CC/C=C\C/C=C\C/C=C\C/C=C\CCCCCC(=O)OC(COC(=O)CCCCCCCCC/C=C\C/C=C\CCCCC)COC(=O)CCCCCCCCCCCCCCCCC. The second kappa shape index (κ2) is 54.5.